The summed E-state index contributed by atoms with van der Waals surface area (Å²) in [6, 6.07) is 10.6. The largest absolute Gasteiger partial charge is 0.394 e. The molecule has 25 heavy (non-hydrogen) atoms. The molecule has 0 radical (unpaired) electrons. The van der Waals surface area contributed by atoms with Crippen LogP contribution < -0.4 is 10.2 Å². The van der Waals surface area contributed by atoms with Gasteiger partial charge in [-0.15, -0.1) is 0 Å². The first-order valence-corrected chi connectivity index (χ1v) is 8.66. The van der Waals surface area contributed by atoms with Crippen molar-refractivity contribution in [1.82, 2.24) is 19.7 Å². The maximum atomic E-state index is 9.11. The molecule has 7 heteroatoms. The Labute approximate surface area is 146 Å². The molecule has 1 aliphatic rings. The first-order valence-electron chi connectivity index (χ1n) is 8.66. The van der Waals surface area contributed by atoms with Gasteiger partial charge in [-0.05, 0) is 24.5 Å². The molecule has 0 bridgehead atoms. The van der Waals surface area contributed by atoms with E-state index in [0.29, 0.717) is 12.5 Å². The van der Waals surface area contributed by atoms with Crippen LogP contribution in [0.3, 0.4) is 0 Å². The molecule has 2 N–H and O–H groups in total. The average Bonchev–Trinajstić information content (AvgIpc) is 3.29. The van der Waals surface area contributed by atoms with Gasteiger partial charge in [-0.1, -0.05) is 18.2 Å². The molecule has 4 rings (SSSR count). The summed E-state index contributed by atoms with van der Waals surface area (Å²) in [4.78, 5) is 11.1. The van der Waals surface area contributed by atoms with Gasteiger partial charge in [0.15, 0.2) is 5.65 Å². The molecule has 0 saturated carbocycles. The highest BCUT2D eigenvalue weighted by Gasteiger charge is 2.22. The third kappa shape index (κ3) is 3.28. The molecule has 0 spiro atoms. The number of anilines is 2. The fourth-order valence-corrected chi connectivity index (χ4v) is 3.41. The van der Waals surface area contributed by atoms with Gasteiger partial charge in [-0.25, -0.2) is 14.6 Å². The number of rotatable bonds is 6. The van der Waals surface area contributed by atoms with Crippen LogP contribution in [0.15, 0.2) is 42.9 Å². The summed E-state index contributed by atoms with van der Waals surface area (Å²) < 4.78 is 1.70. The molecule has 7 nitrogen and oxygen atoms in total. The van der Waals surface area contributed by atoms with Gasteiger partial charge in [0.25, 0.3) is 0 Å². The molecule has 130 valence electrons. The Kier molecular flexibility index (Phi) is 4.47. The zero-order chi connectivity index (χ0) is 17.1. The zero-order valence-corrected chi connectivity index (χ0v) is 14.0. The number of nitrogens with one attached hydrogen (secondary N) is 1. The smallest absolute Gasteiger partial charge is 0.163 e. The molecule has 3 aromatic rings. The topological polar surface area (TPSA) is 79.1 Å². The summed E-state index contributed by atoms with van der Waals surface area (Å²) in [5, 5.41) is 17.8. The molecular weight excluding hydrogens is 316 g/mol. The maximum absolute atomic E-state index is 9.11. The summed E-state index contributed by atoms with van der Waals surface area (Å²) in [6.45, 7) is 3.50. The third-order valence-corrected chi connectivity index (χ3v) is 4.71. The zero-order valence-electron chi connectivity index (χ0n) is 14.0. The Hall–Kier alpha value is -2.67. The summed E-state index contributed by atoms with van der Waals surface area (Å²) in [5.74, 6) is 1.39. The number of benzene rings is 1. The van der Waals surface area contributed by atoms with Crippen molar-refractivity contribution < 1.29 is 5.11 Å². The quantitative estimate of drug-likeness (QED) is 0.713. The second-order valence-electron chi connectivity index (χ2n) is 6.37. The number of nitrogens with zero attached hydrogens (tertiary/aromatic N) is 5. The van der Waals surface area contributed by atoms with Gasteiger partial charge >= 0.3 is 0 Å². The Morgan fingerprint density at radius 3 is 2.92 bits per heavy atom. The predicted molar refractivity (Wildman–Crippen MR) is 97.7 cm³/mol. The van der Waals surface area contributed by atoms with Crippen LogP contribution in [0, 0.1) is 5.92 Å². The molecule has 1 fully saturated rings. The van der Waals surface area contributed by atoms with E-state index in [1.54, 1.807) is 17.2 Å². The van der Waals surface area contributed by atoms with E-state index in [9.17, 15) is 0 Å². The van der Waals surface area contributed by atoms with Crippen molar-refractivity contribution in [3.8, 4) is 0 Å². The Morgan fingerprint density at radius 2 is 2.08 bits per heavy atom. The SMILES string of the molecule is OCCn1ncc2c(NC[C@@H]3CCN(c4ccccc4)C3)ncnc21. The number of aliphatic hydroxyl groups is 1. The molecule has 0 aliphatic carbocycles. The first-order chi connectivity index (χ1) is 12.3. The van der Waals surface area contributed by atoms with Crippen molar-refractivity contribution in [3.05, 3.63) is 42.9 Å². The molecule has 1 aliphatic heterocycles. The van der Waals surface area contributed by atoms with Crippen LogP contribution in [0.25, 0.3) is 11.0 Å². The minimum absolute atomic E-state index is 0.0426. The molecule has 1 aromatic carbocycles. The highest BCUT2D eigenvalue weighted by atomic mass is 16.3. The lowest BCUT2D eigenvalue weighted by Crippen LogP contribution is -2.22. The van der Waals surface area contributed by atoms with E-state index in [4.69, 9.17) is 5.11 Å². The maximum Gasteiger partial charge on any atom is 0.163 e. The van der Waals surface area contributed by atoms with E-state index < -0.39 is 0 Å². The van der Waals surface area contributed by atoms with Crippen LogP contribution in [0.4, 0.5) is 11.5 Å². The van der Waals surface area contributed by atoms with Crippen molar-refractivity contribution in [2.75, 3.05) is 36.5 Å². The van der Waals surface area contributed by atoms with Gasteiger partial charge in [0, 0.05) is 25.3 Å². The van der Waals surface area contributed by atoms with Crippen LogP contribution >= 0.6 is 0 Å². The Morgan fingerprint density at radius 1 is 1.20 bits per heavy atom. The van der Waals surface area contributed by atoms with Gasteiger partial charge in [0.05, 0.1) is 24.7 Å². The van der Waals surface area contributed by atoms with Crippen molar-refractivity contribution in [3.63, 3.8) is 0 Å². The lowest BCUT2D eigenvalue weighted by molar-refractivity contribution is 0.271. The molecule has 3 heterocycles. The predicted octanol–water partition coefficient (Wildman–Crippen LogP) is 1.76. The first kappa shape index (κ1) is 15.8. The van der Waals surface area contributed by atoms with Crippen LogP contribution in [-0.2, 0) is 6.54 Å². The minimum atomic E-state index is 0.0426. The lowest BCUT2D eigenvalue weighted by atomic mass is 10.1. The number of aliphatic hydroxyl groups excluding tert-OH is 1. The number of para-hydroxylation sites is 1. The summed E-state index contributed by atoms with van der Waals surface area (Å²) in [6.07, 6.45) is 4.48. The number of fused-ring (bicyclic) bond motifs is 1. The highest BCUT2D eigenvalue weighted by Crippen LogP contribution is 2.25. The molecule has 1 atom stereocenters. The van der Waals surface area contributed by atoms with Gasteiger partial charge in [-0.2, -0.15) is 5.10 Å². The number of aromatic nitrogens is 4. The molecular formula is C18H22N6O. The molecule has 0 amide bonds. The van der Waals surface area contributed by atoms with Crippen LogP contribution in [-0.4, -0.2) is 51.1 Å². The second kappa shape index (κ2) is 7.06. The number of hydrogen-bond acceptors (Lipinski definition) is 6. The van der Waals surface area contributed by atoms with Crippen molar-refractivity contribution in [2.45, 2.75) is 13.0 Å². The minimum Gasteiger partial charge on any atom is -0.394 e. The molecule has 2 aromatic heterocycles. The summed E-state index contributed by atoms with van der Waals surface area (Å²) in [7, 11) is 0. The van der Waals surface area contributed by atoms with E-state index in [1.165, 1.54) is 12.1 Å². The molecule has 0 unspecified atom stereocenters. The van der Waals surface area contributed by atoms with Crippen molar-refractivity contribution in [1.29, 1.82) is 0 Å². The van der Waals surface area contributed by atoms with Crippen LogP contribution in [0.5, 0.6) is 0 Å². The van der Waals surface area contributed by atoms with E-state index in [1.807, 2.05) is 0 Å². The fraction of sp³-hybridized carbons (Fsp3) is 0.389. The number of hydrogen-bond donors (Lipinski definition) is 2. The van der Waals surface area contributed by atoms with E-state index >= 15 is 0 Å². The van der Waals surface area contributed by atoms with Gasteiger partial charge in [0.1, 0.15) is 12.1 Å². The average molecular weight is 338 g/mol. The van der Waals surface area contributed by atoms with Crippen LogP contribution in [0.1, 0.15) is 6.42 Å². The third-order valence-electron chi connectivity index (χ3n) is 4.71. The van der Waals surface area contributed by atoms with Gasteiger partial charge in [-0.3, -0.25) is 0 Å². The summed E-state index contributed by atoms with van der Waals surface area (Å²) in [5.41, 5.74) is 2.04. The van der Waals surface area contributed by atoms with Crippen LogP contribution in [0.2, 0.25) is 0 Å². The van der Waals surface area contributed by atoms with E-state index in [-0.39, 0.29) is 6.61 Å². The van der Waals surface area contributed by atoms with Gasteiger partial charge < -0.3 is 15.3 Å². The normalized spacial score (nSPS) is 17.3. The fourth-order valence-electron chi connectivity index (χ4n) is 3.41. The van der Waals surface area contributed by atoms with E-state index in [2.05, 4.69) is 55.6 Å². The second-order valence-corrected chi connectivity index (χ2v) is 6.37. The summed E-state index contributed by atoms with van der Waals surface area (Å²) >= 11 is 0. The highest BCUT2D eigenvalue weighted by molar-refractivity contribution is 5.86. The van der Waals surface area contributed by atoms with Crippen molar-refractivity contribution >= 4 is 22.5 Å². The Bertz CT molecular complexity index is 834. The van der Waals surface area contributed by atoms with Gasteiger partial charge in [0.2, 0.25) is 0 Å². The van der Waals surface area contributed by atoms with E-state index in [0.717, 1.165) is 36.5 Å². The standard InChI is InChI=1S/C18H22N6O/c25-9-8-24-18-16(11-22-24)17(20-13-21-18)19-10-14-6-7-23(12-14)15-4-2-1-3-5-15/h1-5,11,13-14,25H,6-10,12H2,(H,19,20,21)/t14-/m0/s1. The Balaban J connectivity index is 1.41. The monoisotopic (exact) mass is 338 g/mol. The van der Waals surface area contributed by atoms with Crippen molar-refractivity contribution in [2.24, 2.45) is 5.92 Å². The molecule has 1 saturated heterocycles. The lowest BCUT2D eigenvalue weighted by Gasteiger charge is -2.18.